The minimum absolute atomic E-state index is 0.133. The van der Waals surface area contributed by atoms with Crippen molar-refractivity contribution in [2.75, 3.05) is 26.1 Å². The maximum atomic E-state index is 11.2. The third kappa shape index (κ3) is 5.01. The van der Waals surface area contributed by atoms with E-state index in [0.29, 0.717) is 17.2 Å². The summed E-state index contributed by atoms with van der Waals surface area (Å²) >= 11 is 4.98. The summed E-state index contributed by atoms with van der Waals surface area (Å²) in [5, 5.41) is 5.36. The van der Waals surface area contributed by atoms with Crippen LogP contribution in [0.15, 0.2) is 18.2 Å². The molecule has 0 atom stereocenters. The molecule has 6 nitrogen and oxygen atoms in total. The molecule has 0 heterocycles. The van der Waals surface area contributed by atoms with Gasteiger partial charge in [0, 0.05) is 23.9 Å². The molecule has 0 spiro atoms. The normalized spacial score (nSPS) is 9.42. The van der Waals surface area contributed by atoms with Gasteiger partial charge in [0.1, 0.15) is 11.5 Å². The molecule has 1 rings (SSSR count). The lowest BCUT2D eigenvalue weighted by Gasteiger charge is -2.12. The number of nitrogens with one attached hydrogen (secondary N) is 2. The topological polar surface area (TPSA) is 68.8 Å². The number of ether oxygens (including phenoxy) is 3. The highest BCUT2D eigenvalue weighted by Gasteiger charge is 2.07. The van der Waals surface area contributed by atoms with Gasteiger partial charge in [-0.15, -0.1) is 0 Å². The number of thiocarbonyl (C=S) groups is 1. The second-order valence-electron chi connectivity index (χ2n) is 3.40. The lowest BCUT2D eigenvalue weighted by molar-refractivity contribution is 0.158. The molecular formula is C12H16N2O4S. The molecule has 1 aromatic carbocycles. The van der Waals surface area contributed by atoms with Crippen LogP contribution >= 0.6 is 12.2 Å². The quantitative estimate of drug-likeness (QED) is 0.826. The van der Waals surface area contributed by atoms with Crippen LogP contribution in [0, 0.1) is 0 Å². The molecule has 0 aliphatic rings. The van der Waals surface area contributed by atoms with Crippen LogP contribution in [0.25, 0.3) is 0 Å². The van der Waals surface area contributed by atoms with Crippen LogP contribution in [0.3, 0.4) is 0 Å². The molecule has 0 aliphatic heterocycles. The van der Waals surface area contributed by atoms with Gasteiger partial charge in [0.15, 0.2) is 5.11 Å². The van der Waals surface area contributed by atoms with E-state index >= 15 is 0 Å². The Hall–Kier alpha value is -2.02. The Kier molecular flexibility index (Phi) is 5.87. The zero-order chi connectivity index (χ0) is 14.3. The monoisotopic (exact) mass is 284 g/mol. The number of hydrogen-bond acceptors (Lipinski definition) is 5. The van der Waals surface area contributed by atoms with Crippen molar-refractivity contribution in [3.8, 4) is 11.5 Å². The summed E-state index contributed by atoms with van der Waals surface area (Å²) in [5.74, 6) is 1.22. The first-order valence-electron chi connectivity index (χ1n) is 5.56. The molecule has 2 N–H and O–H groups in total. The summed E-state index contributed by atoms with van der Waals surface area (Å²) < 4.78 is 15.0. The summed E-state index contributed by atoms with van der Waals surface area (Å²) in [6.45, 7) is 1.99. The lowest BCUT2D eigenvalue weighted by atomic mass is 10.3. The summed E-state index contributed by atoms with van der Waals surface area (Å²) in [4.78, 5) is 11.2. The number of rotatable bonds is 4. The number of methoxy groups -OCH3 is 2. The van der Waals surface area contributed by atoms with Crippen LogP contribution in [0.5, 0.6) is 11.5 Å². The number of alkyl carbamates (subject to hydrolysis) is 1. The molecule has 1 amide bonds. The predicted molar refractivity (Wildman–Crippen MR) is 75.9 cm³/mol. The molecule has 7 heteroatoms. The molecule has 1 aromatic rings. The standard InChI is InChI=1S/C12H16N2O4S/c1-4-18-12(15)14-11(19)13-8-5-9(16-2)7-10(6-8)17-3/h5-7H,4H2,1-3H3,(H2,13,14,15,19). The van der Waals surface area contributed by atoms with Gasteiger partial charge >= 0.3 is 6.09 Å². The summed E-state index contributed by atoms with van der Waals surface area (Å²) in [7, 11) is 3.10. The fourth-order valence-electron chi connectivity index (χ4n) is 1.30. The highest BCUT2D eigenvalue weighted by Crippen LogP contribution is 2.25. The van der Waals surface area contributed by atoms with Gasteiger partial charge in [-0.3, -0.25) is 5.32 Å². The van der Waals surface area contributed by atoms with Crippen molar-refractivity contribution < 1.29 is 19.0 Å². The largest absolute Gasteiger partial charge is 0.497 e. The molecule has 0 fully saturated rings. The number of amides is 1. The van der Waals surface area contributed by atoms with E-state index in [1.54, 1.807) is 39.3 Å². The van der Waals surface area contributed by atoms with E-state index < -0.39 is 6.09 Å². The van der Waals surface area contributed by atoms with Crippen LogP contribution in [-0.2, 0) is 4.74 Å². The third-order valence-corrected chi connectivity index (χ3v) is 2.30. The SMILES string of the molecule is CCOC(=O)NC(=S)Nc1cc(OC)cc(OC)c1. The van der Waals surface area contributed by atoms with Gasteiger partial charge in [-0.1, -0.05) is 0 Å². The van der Waals surface area contributed by atoms with Gasteiger partial charge in [-0.25, -0.2) is 4.79 Å². The van der Waals surface area contributed by atoms with Gasteiger partial charge < -0.3 is 19.5 Å². The van der Waals surface area contributed by atoms with Gasteiger partial charge in [-0.2, -0.15) is 0 Å². The average Bonchev–Trinajstić information content (AvgIpc) is 2.38. The van der Waals surface area contributed by atoms with E-state index in [1.807, 2.05) is 0 Å². The molecule has 0 bridgehead atoms. The first kappa shape index (κ1) is 15.0. The van der Waals surface area contributed by atoms with E-state index in [9.17, 15) is 4.79 Å². The molecule has 0 saturated heterocycles. The number of carbonyl (C=O) groups excluding carboxylic acids is 1. The first-order chi connectivity index (χ1) is 9.08. The molecule has 0 radical (unpaired) electrons. The Morgan fingerprint density at radius 1 is 1.21 bits per heavy atom. The lowest BCUT2D eigenvalue weighted by Crippen LogP contribution is -2.34. The summed E-state index contributed by atoms with van der Waals surface area (Å²) in [5.41, 5.74) is 0.637. The third-order valence-electron chi connectivity index (χ3n) is 2.10. The molecule has 0 aliphatic carbocycles. The number of carbonyl (C=O) groups is 1. The predicted octanol–water partition coefficient (Wildman–Crippen LogP) is 2.15. The summed E-state index contributed by atoms with van der Waals surface area (Å²) in [6, 6.07) is 5.18. The second kappa shape index (κ2) is 7.42. The van der Waals surface area contributed by atoms with Crippen molar-refractivity contribution >= 4 is 29.1 Å². The maximum Gasteiger partial charge on any atom is 0.413 e. The van der Waals surface area contributed by atoms with Crippen LogP contribution in [-0.4, -0.2) is 32.0 Å². The molecule has 104 valence electrons. The van der Waals surface area contributed by atoms with E-state index in [4.69, 9.17) is 26.4 Å². The Labute approximate surface area is 117 Å². The number of benzene rings is 1. The van der Waals surface area contributed by atoms with Crippen LogP contribution in [0.2, 0.25) is 0 Å². The fraction of sp³-hybridized carbons (Fsp3) is 0.333. The van der Waals surface area contributed by atoms with Crippen molar-refractivity contribution in [2.45, 2.75) is 6.92 Å². The number of hydrogen-bond donors (Lipinski definition) is 2. The van der Waals surface area contributed by atoms with Gasteiger partial charge in [0.2, 0.25) is 0 Å². The van der Waals surface area contributed by atoms with E-state index in [0.717, 1.165) is 0 Å². The smallest absolute Gasteiger partial charge is 0.413 e. The van der Waals surface area contributed by atoms with Crippen molar-refractivity contribution in [1.29, 1.82) is 0 Å². The van der Waals surface area contributed by atoms with E-state index in [1.165, 1.54) is 0 Å². The maximum absolute atomic E-state index is 11.2. The van der Waals surface area contributed by atoms with Crippen molar-refractivity contribution in [2.24, 2.45) is 0 Å². The average molecular weight is 284 g/mol. The molecular weight excluding hydrogens is 268 g/mol. The van der Waals surface area contributed by atoms with E-state index in [-0.39, 0.29) is 11.7 Å². The van der Waals surface area contributed by atoms with Gasteiger partial charge in [0.25, 0.3) is 0 Å². The summed E-state index contributed by atoms with van der Waals surface area (Å²) in [6.07, 6.45) is -0.602. The van der Waals surface area contributed by atoms with Crippen LogP contribution in [0.4, 0.5) is 10.5 Å². The zero-order valence-corrected chi connectivity index (χ0v) is 11.8. The van der Waals surface area contributed by atoms with Gasteiger partial charge in [-0.05, 0) is 19.1 Å². The fourth-order valence-corrected chi connectivity index (χ4v) is 1.50. The highest BCUT2D eigenvalue weighted by atomic mass is 32.1. The minimum Gasteiger partial charge on any atom is -0.497 e. The van der Waals surface area contributed by atoms with Crippen molar-refractivity contribution in [1.82, 2.24) is 5.32 Å². The van der Waals surface area contributed by atoms with Crippen molar-refractivity contribution in [3.05, 3.63) is 18.2 Å². The van der Waals surface area contributed by atoms with Crippen molar-refractivity contribution in [3.63, 3.8) is 0 Å². The molecule has 19 heavy (non-hydrogen) atoms. The van der Waals surface area contributed by atoms with Crippen LogP contribution in [0.1, 0.15) is 6.92 Å². The molecule has 0 unspecified atom stereocenters. The first-order valence-corrected chi connectivity index (χ1v) is 5.97. The van der Waals surface area contributed by atoms with Gasteiger partial charge in [0.05, 0.1) is 20.8 Å². The number of anilines is 1. The Balaban J connectivity index is 2.70. The minimum atomic E-state index is -0.602. The Morgan fingerprint density at radius 2 is 1.79 bits per heavy atom. The second-order valence-corrected chi connectivity index (χ2v) is 3.81. The Morgan fingerprint density at radius 3 is 2.26 bits per heavy atom. The molecule has 0 saturated carbocycles. The van der Waals surface area contributed by atoms with E-state index in [2.05, 4.69) is 10.6 Å². The Bertz CT molecular complexity index is 443. The zero-order valence-electron chi connectivity index (χ0n) is 11.0. The highest BCUT2D eigenvalue weighted by molar-refractivity contribution is 7.80. The molecule has 0 aromatic heterocycles. The van der Waals surface area contributed by atoms with Crippen LogP contribution < -0.4 is 20.1 Å².